The molecule has 0 bridgehead atoms. The summed E-state index contributed by atoms with van der Waals surface area (Å²) in [7, 11) is 0. The second kappa shape index (κ2) is 2.86. The van der Waals surface area contributed by atoms with Crippen molar-refractivity contribution >= 4 is 0 Å². The van der Waals surface area contributed by atoms with Gasteiger partial charge in [0.2, 0.25) is 0 Å². The van der Waals surface area contributed by atoms with Crippen LogP contribution in [0.1, 0.15) is 25.2 Å². The highest BCUT2D eigenvalue weighted by atomic mass is 15.1. The van der Waals surface area contributed by atoms with Gasteiger partial charge in [-0.15, -0.1) is 0 Å². The van der Waals surface area contributed by atoms with Crippen LogP contribution in [-0.4, -0.2) is 10.2 Å². The third-order valence-electron chi connectivity index (χ3n) is 1.38. The number of aryl methyl sites for hydroxylation is 1. The Labute approximate surface area is 61.7 Å². The normalized spacial score (nSPS) is 10.8. The van der Waals surface area contributed by atoms with Gasteiger partial charge in [0.05, 0.1) is 5.69 Å². The van der Waals surface area contributed by atoms with Crippen molar-refractivity contribution in [1.82, 2.24) is 10.2 Å². The summed E-state index contributed by atoms with van der Waals surface area (Å²) < 4.78 is 0. The van der Waals surface area contributed by atoms with Gasteiger partial charge in [-0.1, -0.05) is 13.8 Å². The van der Waals surface area contributed by atoms with Crippen molar-refractivity contribution in [3.05, 3.63) is 17.5 Å². The molecule has 1 heterocycles. The van der Waals surface area contributed by atoms with E-state index in [1.807, 2.05) is 6.92 Å². The fourth-order valence-electron chi connectivity index (χ4n) is 0.997. The first-order valence-electron chi connectivity index (χ1n) is 3.69. The van der Waals surface area contributed by atoms with Crippen LogP contribution in [-0.2, 0) is 6.42 Å². The Morgan fingerprint density at radius 1 is 1.60 bits per heavy atom. The van der Waals surface area contributed by atoms with Crippen LogP contribution >= 0.6 is 0 Å². The monoisotopic (exact) mass is 138 g/mol. The lowest BCUT2D eigenvalue weighted by molar-refractivity contribution is 0.633. The average Bonchev–Trinajstić information content (AvgIpc) is 2.13. The molecule has 0 fully saturated rings. The van der Waals surface area contributed by atoms with Crippen molar-refractivity contribution in [2.75, 3.05) is 0 Å². The second-order valence-corrected chi connectivity index (χ2v) is 3.14. The van der Waals surface area contributed by atoms with Crippen LogP contribution in [0.2, 0.25) is 0 Å². The van der Waals surface area contributed by atoms with Gasteiger partial charge in [0.15, 0.2) is 0 Å². The van der Waals surface area contributed by atoms with Gasteiger partial charge in [-0.05, 0) is 25.3 Å². The molecular weight excluding hydrogens is 124 g/mol. The molecule has 0 aromatic carbocycles. The van der Waals surface area contributed by atoms with Crippen molar-refractivity contribution in [3.8, 4) is 0 Å². The predicted molar refractivity (Wildman–Crippen MR) is 41.9 cm³/mol. The number of rotatable bonds is 2. The molecule has 0 aliphatic carbocycles. The van der Waals surface area contributed by atoms with E-state index in [1.165, 1.54) is 5.69 Å². The Bertz CT molecular complexity index is 201. The summed E-state index contributed by atoms with van der Waals surface area (Å²) in [6.07, 6.45) is 1.07. The summed E-state index contributed by atoms with van der Waals surface area (Å²) in [6.45, 7) is 6.42. The lowest BCUT2D eigenvalue weighted by atomic mass is 10.1. The number of aromatic nitrogens is 2. The Balaban J connectivity index is 2.58. The van der Waals surface area contributed by atoms with Gasteiger partial charge >= 0.3 is 0 Å². The highest BCUT2D eigenvalue weighted by molar-refractivity contribution is 5.06. The summed E-state index contributed by atoms with van der Waals surface area (Å²) in [4.78, 5) is 0. The Morgan fingerprint density at radius 2 is 2.30 bits per heavy atom. The average molecular weight is 138 g/mol. The lowest BCUT2D eigenvalue weighted by Crippen LogP contribution is -1.93. The summed E-state index contributed by atoms with van der Waals surface area (Å²) in [6, 6.07) is 2.10. The zero-order valence-electron chi connectivity index (χ0n) is 6.81. The molecule has 1 aromatic rings. The maximum absolute atomic E-state index is 4.13. The van der Waals surface area contributed by atoms with Gasteiger partial charge in [0, 0.05) is 5.69 Å². The summed E-state index contributed by atoms with van der Waals surface area (Å²) in [5, 5.41) is 7.05. The minimum absolute atomic E-state index is 0.697. The molecule has 2 heteroatoms. The second-order valence-electron chi connectivity index (χ2n) is 3.14. The van der Waals surface area contributed by atoms with E-state index in [2.05, 4.69) is 30.1 Å². The van der Waals surface area contributed by atoms with Gasteiger partial charge in [0.1, 0.15) is 0 Å². The minimum Gasteiger partial charge on any atom is -0.283 e. The van der Waals surface area contributed by atoms with Crippen LogP contribution < -0.4 is 0 Å². The molecule has 0 atom stereocenters. The van der Waals surface area contributed by atoms with Crippen molar-refractivity contribution in [1.29, 1.82) is 0 Å². The molecule has 1 aromatic heterocycles. The highest BCUT2D eigenvalue weighted by Gasteiger charge is 1.99. The minimum atomic E-state index is 0.697. The third-order valence-corrected chi connectivity index (χ3v) is 1.38. The topological polar surface area (TPSA) is 28.7 Å². The summed E-state index contributed by atoms with van der Waals surface area (Å²) >= 11 is 0. The Hall–Kier alpha value is -0.790. The molecule has 0 spiro atoms. The molecule has 1 N–H and O–H groups in total. The summed E-state index contributed by atoms with van der Waals surface area (Å²) in [5.41, 5.74) is 2.32. The molecule has 0 amide bonds. The van der Waals surface area contributed by atoms with Crippen molar-refractivity contribution in [3.63, 3.8) is 0 Å². The van der Waals surface area contributed by atoms with E-state index in [9.17, 15) is 0 Å². The first-order valence-corrected chi connectivity index (χ1v) is 3.69. The first kappa shape index (κ1) is 7.32. The standard InChI is InChI=1S/C8H14N2/c1-6(2)4-8-5-7(3)9-10-8/h5-6H,4H2,1-3H3,(H,9,10). The maximum atomic E-state index is 4.13. The first-order chi connectivity index (χ1) is 4.68. The molecule has 0 unspecified atom stereocenters. The molecular formula is C8H14N2. The highest BCUT2D eigenvalue weighted by Crippen LogP contribution is 2.05. The molecule has 0 saturated heterocycles. The van der Waals surface area contributed by atoms with E-state index in [-0.39, 0.29) is 0 Å². The van der Waals surface area contributed by atoms with Crippen LogP contribution in [0.4, 0.5) is 0 Å². The number of aromatic amines is 1. The lowest BCUT2D eigenvalue weighted by Gasteiger charge is -1.97. The SMILES string of the molecule is Cc1cc(CC(C)C)n[nH]1. The van der Waals surface area contributed by atoms with E-state index >= 15 is 0 Å². The fraction of sp³-hybridized carbons (Fsp3) is 0.625. The van der Waals surface area contributed by atoms with Crippen LogP contribution in [0, 0.1) is 12.8 Å². The van der Waals surface area contributed by atoms with Gasteiger partial charge in [-0.25, -0.2) is 0 Å². The maximum Gasteiger partial charge on any atom is 0.0627 e. The van der Waals surface area contributed by atoms with Gasteiger partial charge in [-0.2, -0.15) is 5.10 Å². The van der Waals surface area contributed by atoms with Crippen LogP contribution in [0.25, 0.3) is 0 Å². The van der Waals surface area contributed by atoms with E-state index in [4.69, 9.17) is 0 Å². The van der Waals surface area contributed by atoms with Crippen LogP contribution in [0.5, 0.6) is 0 Å². The predicted octanol–water partition coefficient (Wildman–Crippen LogP) is 1.92. The van der Waals surface area contributed by atoms with Crippen molar-refractivity contribution in [2.45, 2.75) is 27.2 Å². The van der Waals surface area contributed by atoms with Crippen molar-refractivity contribution in [2.24, 2.45) is 5.92 Å². The van der Waals surface area contributed by atoms with E-state index in [0.29, 0.717) is 5.92 Å². The largest absolute Gasteiger partial charge is 0.283 e. The molecule has 10 heavy (non-hydrogen) atoms. The molecule has 56 valence electrons. The van der Waals surface area contributed by atoms with Crippen LogP contribution in [0.15, 0.2) is 6.07 Å². The Morgan fingerprint density at radius 3 is 2.70 bits per heavy atom. The van der Waals surface area contributed by atoms with Crippen molar-refractivity contribution < 1.29 is 0 Å². The van der Waals surface area contributed by atoms with Gasteiger partial charge in [-0.3, -0.25) is 5.10 Å². The van der Waals surface area contributed by atoms with E-state index < -0.39 is 0 Å². The quantitative estimate of drug-likeness (QED) is 0.664. The van der Waals surface area contributed by atoms with E-state index in [0.717, 1.165) is 12.1 Å². The van der Waals surface area contributed by atoms with Crippen LogP contribution in [0.3, 0.4) is 0 Å². The van der Waals surface area contributed by atoms with E-state index in [1.54, 1.807) is 0 Å². The molecule has 0 radical (unpaired) electrons. The number of nitrogens with zero attached hydrogens (tertiary/aromatic N) is 1. The zero-order valence-corrected chi connectivity index (χ0v) is 6.81. The van der Waals surface area contributed by atoms with Gasteiger partial charge < -0.3 is 0 Å². The molecule has 2 nitrogen and oxygen atoms in total. The third kappa shape index (κ3) is 1.87. The smallest absolute Gasteiger partial charge is 0.0627 e. The fourth-order valence-corrected chi connectivity index (χ4v) is 0.997. The number of H-pyrrole nitrogens is 1. The Kier molecular flexibility index (Phi) is 2.10. The zero-order chi connectivity index (χ0) is 7.56. The number of nitrogens with one attached hydrogen (secondary N) is 1. The molecule has 0 saturated carbocycles. The number of hydrogen-bond acceptors (Lipinski definition) is 1. The van der Waals surface area contributed by atoms with Gasteiger partial charge in [0.25, 0.3) is 0 Å². The molecule has 0 aliphatic heterocycles. The summed E-state index contributed by atoms with van der Waals surface area (Å²) in [5.74, 6) is 0.697. The molecule has 0 aliphatic rings. The molecule has 1 rings (SSSR count). The number of hydrogen-bond donors (Lipinski definition) is 1.